The van der Waals surface area contributed by atoms with E-state index in [1.165, 1.54) is 12.1 Å². The summed E-state index contributed by atoms with van der Waals surface area (Å²) in [4.78, 5) is 11.8. The van der Waals surface area contributed by atoms with Gasteiger partial charge in [0.1, 0.15) is 41.2 Å². The normalized spacial score (nSPS) is 10.8. The van der Waals surface area contributed by atoms with Gasteiger partial charge in [-0.2, -0.15) is 0 Å². The molecular formula is C26H24FN5O2. The molecule has 0 spiro atoms. The Kier molecular flexibility index (Phi) is 6.46. The minimum absolute atomic E-state index is 0.201. The number of aryl methyl sites for hydroxylation is 1. The first-order chi connectivity index (χ1) is 16.3. The van der Waals surface area contributed by atoms with E-state index in [1.807, 2.05) is 32.2 Å². The molecule has 0 saturated carbocycles. The molecule has 4 rings (SSSR count). The van der Waals surface area contributed by atoms with Crippen molar-refractivity contribution in [2.75, 3.05) is 5.73 Å². The van der Waals surface area contributed by atoms with Crippen molar-refractivity contribution in [3.63, 3.8) is 0 Å². The number of hydrogen-bond donors (Lipinski definition) is 1. The van der Waals surface area contributed by atoms with Gasteiger partial charge in [-0.25, -0.2) is 14.4 Å². The summed E-state index contributed by atoms with van der Waals surface area (Å²) in [6, 6.07) is 11.3. The second-order valence-electron chi connectivity index (χ2n) is 8.10. The summed E-state index contributed by atoms with van der Waals surface area (Å²) in [6.45, 7) is 13.6. The standard InChI is InChI=1S/C26H24FN5O2/c1-16(2)24-14-32(26(29-4)25(24)28)20-5-7-21(8-6-20)34-23-10-19(27)9-22(11-23)33-15-18-12-30-17(3)31-13-18/h5-14,16H,15,28H2,1-3H3. The van der Waals surface area contributed by atoms with E-state index in [2.05, 4.69) is 14.8 Å². The topological polar surface area (TPSA) is 79.6 Å². The van der Waals surface area contributed by atoms with Crippen LogP contribution in [0.5, 0.6) is 17.2 Å². The van der Waals surface area contributed by atoms with Crippen molar-refractivity contribution in [2.45, 2.75) is 33.3 Å². The highest BCUT2D eigenvalue weighted by molar-refractivity contribution is 5.72. The largest absolute Gasteiger partial charge is 0.489 e. The van der Waals surface area contributed by atoms with E-state index in [4.69, 9.17) is 21.8 Å². The maximum Gasteiger partial charge on any atom is 0.258 e. The Labute approximate surface area is 197 Å². The summed E-state index contributed by atoms with van der Waals surface area (Å²) in [5.74, 6) is 1.92. The minimum Gasteiger partial charge on any atom is -0.489 e. The van der Waals surface area contributed by atoms with E-state index in [-0.39, 0.29) is 12.5 Å². The predicted octanol–water partition coefficient (Wildman–Crippen LogP) is 6.34. The average Bonchev–Trinajstić information content (AvgIpc) is 3.15. The summed E-state index contributed by atoms with van der Waals surface area (Å²) in [6.07, 6.45) is 5.23. The molecule has 2 N–H and O–H groups in total. The fraction of sp³-hybridized carbons (Fsp3) is 0.192. The zero-order valence-electron chi connectivity index (χ0n) is 19.1. The fourth-order valence-electron chi connectivity index (χ4n) is 3.45. The number of ether oxygens (including phenoxy) is 2. The highest BCUT2D eigenvalue weighted by Gasteiger charge is 2.18. The third-order valence-electron chi connectivity index (χ3n) is 5.21. The highest BCUT2D eigenvalue weighted by Crippen LogP contribution is 2.36. The Morgan fingerprint density at radius 1 is 1.06 bits per heavy atom. The molecule has 2 aromatic heterocycles. The lowest BCUT2D eigenvalue weighted by atomic mass is 10.1. The number of rotatable bonds is 7. The molecule has 2 aromatic carbocycles. The van der Waals surface area contributed by atoms with Crippen LogP contribution in [0.25, 0.3) is 10.5 Å². The summed E-state index contributed by atoms with van der Waals surface area (Å²) < 4.78 is 27.4. The number of halogens is 1. The van der Waals surface area contributed by atoms with E-state index < -0.39 is 5.82 Å². The molecule has 7 nitrogen and oxygen atoms in total. The minimum atomic E-state index is -0.477. The van der Waals surface area contributed by atoms with Gasteiger partial charge in [-0.05, 0) is 37.1 Å². The van der Waals surface area contributed by atoms with Crippen molar-refractivity contribution in [1.29, 1.82) is 0 Å². The zero-order chi connectivity index (χ0) is 24.2. The Bertz CT molecular complexity index is 1340. The fourth-order valence-corrected chi connectivity index (χ4v) is 3.45. The summed E-state index contributed by atoms with van der Waals surface area (Å²) >= 11 is 0. The van der Waals surface area contributed by atoms with Gasteiger partial charge in [-0.1, -0.05) is 20.4 Å². The maximum atomic E-state index is 14.2. The zero-order valence-corrected chi connectivity index (χ0v) is 19.1. The second kappa shape index (κ2) is 9.63. The molecule has 0 saturated heterocycles. The summed E-state index contributed by atoms with van der Waals surface area (Å²) in [5.41, 5.74) is 9.14. The number of aromatic nitrogens is 3. The Morgan fingerprint density at radius 2 is 1.74 bits per heavy atom. The van der Waals surface area contributed by atoms with Crippen LogP contribution in [0.4, 0.5) is 15.9 Å². The third kappa shape index (κ3) is 4.99. The number of nitrogens with two attached hydrogens (primary N) is 1. The maximum absolute atomic E-state index is 14.2. The van der Waals surface area contributed by atoms with Crippen LogP contribution in [0.3, 0.4) is 0 Å². The number of hydrogen-bond acceptors (Lipinski definition) is 5. The molecule has 34 heavy (non-hydrogen) atoms. The molecule has 0 unspecified atom stereocenters. The van der Waals surface area contributed by atoms with Crippen molar-refractivity contribution < 1.29 is 13.9 Å². The smallest absolute Gasteiger partial charge is 0.258 e. The van der Waals surface area contributed by atoms with Crippen molar-refractivity contribution >= 4 is 11.5 Å². The molecule has 2 heterocycles. The molecule has 0 atom stereocenters. The first-order valence-electron chi connectivity index (χ1n) is 10.7. The molecule has 0 aliphatic carbocycles. The van der Waals surface area contributed by atoms with Crippen molar-refractivity contribution in [3.05, 3.63) is 95.2 Å². The molecule has 172 valence electrons. The van der Waals surface area contributed by atoms with E-state index >= 15 is 0 Å². The van der Waals surface area contributed by atoms with Gasteiger partial charge in [-0.15, -0.1) is 0 Å². The van der Waals surface area contributed by atoms with Crippen molar-refractivity contribution in [3.8, 4) is 22.9 Å². The van der Waals surface area contributed by atoms with Crippen LogP contribution in [-0.4, -0.2) is 14.5 Å². The van der Waals surface area contributed by atoms with E-state index in [0.717, 1.165) is 16.8 Å². The summed E-state index contributed by atoms with van der Waals surface area (Å²) in [7, 11) is 0. The van der Waals surface area contributed by atoms with Gasteiger partial charge in [0, 0.05) is 41.7 Å². The highest BCUT2D eigenvalue weighted by atomic mass is 19.1. The van der Waals surface area contributed by atoms with Gasteiger partial charge < -0.3 is 20.1 Å². The van der Waals surface area contributed by atoms with Crippen LogP contribution >= 0.6 is 0 Å². The lowest BCUT2D eigenvalue weighted by Crippen LogP contribution is -1.99. The van der Waals surface area contributed by atoms with Crippen LogP contribution in [0.15, 0.2) is 61.1 Å². The molecule has 0 amide bonds. The first-order valence-corrected chi connectivity index (χ1v) is 10.7. The van der Waals surface area contributed by atoms with Gasteiger partial charge in [0.05, 0.1) is 11.9 Å². The number of nitrogens with zero attached hydrogens (tertiary/aromatic N) is 4. The number of anilines is 1. The van der Waals surface area contributed by atoms with Crippen molar-refractivity contribution in [1.82, 2.24) is 14.5 Å². The molecular weight excluding hydrogens is 433 g/mol. The van der Waals surface area contributed by atoms with Crippen LogP contribution in [0, 0.1) is 19.3 Å². The van der Waals surface area contributed by atoms with Gasteiger partial charge in [0.2, 0.25) is 0 Å². The van der Waals surface area contributed by atoms with Gasteiger partial charge >= 0.3 is 0 Å². The van der Waals surface area contributed by atoms with Crippen molar-refractivity contribution in [2.24, 2.45) is 0 Å². The van der Waals surface area contributed by atoms with Gasteiger partial charge in [-0.3, -0.25) is 4.57 Å². The van der Waals surface area contributed by atoms with Gasteiger partial charge in [0.25, 0.3) is 5.82 Å². The first kappa shape index (κ1) is 22.8. The quantitative estimate of drug-likeness (QED) is 0.328. The molecule has 0 radical (unpaired) electrons. The van der Waals surface area contributed by atoms with Crippen LogP contribution in [-0.2, 0) is 6.61 Å². The Morgan fingerprint density at radius 3 is 2.38 bits per heavy atom. The van der Waals surface area contributed by atoms with Crippen LogP contribution < -0.4 is 15.2 Å². The third-order valence-corrected chi connectivity index (χ3v) is 5.21. The van der Waals surface area contributed by atoms with E-state index in [9.17, 15) is 4.39 Å². The lowest BCUT2D eigenvalue weighted by Gasteiger charge is -2.10. The SMILES string of the molecule is [C-]#[N+]c1c(N)c(C(C)C)cn1-c1ccc(Oc2cc(F)cc(OCc3cnc(C)nc3)c2)cc1. The van der Waals surface area contributed by atoms with E-state index in [0.29, 0.717) is 34.6 Å². The molecule has 8 heteroatoms. The number of benzene rings is 2. The molecule has 4 aromatic rings. The molecule has 0 bridgehead atoms. The monoisotopic (exact) mass is 457 g/mol. The molecule has 0 aliphatic rings. The predicted molar refractivity (Wildman–Crippen MR) is 128 cm³/mol. The van der Waals surface area contributed by atoms with Gasteiger partial charge in [0.15, 0.2) is 0 Å². The Balaban J connectivity index is 1.50. The molecule has 0 fully saturated rings. The average molecular weight is 458 g/mol. The van der Waals surface area contributed by atoms with Crippen LogP contribution in [0.1, 0.15) is 36.7 Å². The molecule has 0 aliphatic heterocycles. The summed E-state index contributed by atoms with van der Waals surface area (Å²) in [5, 5.41) is 0. The number of nitrogen functional groups attached to an aromatic ring is 1. The second-order valence-corrected chi connectivity index (χ2v) is 8.10. The Hall–Kier alpha value is -4.38. The van der Waals surface area contributed by atoms with E-state index in [1.54, 1.807) is 42.1 Å². The lowest BCUT2D eigenvalue weighted by molar-refractivity contribution is 0.301. The van der Waals surface area contributed by atoms with Crippen LogP contribution in [0.2, 0.25) is 0 Å².